The van der Waals surface area contributed by atoms with Crippen LogP contribution in [0, 0.1) is 17.8 Å². The van der Waals surface area contributed by atoms with E-state index >= 15 is 0 Å². The van der Waals surface area contributed by atoms with E-state index in [1.54, 1.807) is 0 Å². The molecule has 1 saturated carbocycles. The number of piperidine rings is 1. The van der Waals surface area contributed by atoms with Crippen molar-refractivity contribution in [2.45, 2.75) is 51.9 Å². The van der Waals surface area contributed by atoms with E-state index < -0.39 is 0 Å². The van der Waals surface area contributed by atoms with Gasteiger partial charge in [-0.25, -0.2) is 0 Å². The Balaban J connectivity index is 0.00000288. The zero-order valence-electron chi connectivity index (χ0n) is 15.4. The number of ether oxygens (including phenoxy) is 1. The maximum absolute atomic E-state index is 11.6. The minimum Gasteiger partial charge on any atom is -0.469 e. The summed E-state index contributed by atoms with van der Waals surface area (Å²) in [6.45, 7) is 5.09. The molecule has 1 N–H and O–H groups in total. The molecule has 1 heterocycles. The Hall–Kier alpha value is -0.530. The van der Waals surface area contributed by atoms with Gasteiger partial charge in [0.15, 0.2) is 5.96 Å². The molecule has 140 valence electrons. The lowest BCUT2D eigenvalue weighted by Gasteiger charge is -2.34. The molecule has 0 atom stereocenters. The molecule has 0 bridgehead atoms. The average molecular weight is 451 g/mol. The van der Waals surface area contributed by atoms with Gasteiger partial charge in [-0.15, -0.1) is 24.0 Å². The van der Waals surface area contributed by atoms with E-state index in [1.807, 2.05) is 7.05 Å². The first-order chi connectivity index (χ1) is 11.2. The molecule has 1 aliphatic heterocycles. The van der Waals surface area contributed by atoms with Gasteiger partial charge in [-0.2, -0.15) is 0 Å². The highest BCUT2D eigenvalue weighted by Gasteiger charge is 2.27. The van der Waals surface area contributed by atoms with Crippen molar-refractivity contribution in [3.63, 3.8) is 0 Å². The van der Waals surface area contributed by atoms with Gasteiger partial charge in [0.05, 0.1) is 13.0 Å². The summed E-state index contributed by atoms with van der Waals surface area (Å²) in [5.41, 5.74) is 0. The first-order valence-corrected chi connectivity index (χ1v) is 9.21. The molecule has 2 rings (SSSR count). The lowest BCUT2D eigenvalue weighted by Crippen LogP contribution is -2.47. The summed E-state index contributed by atoms with van der Waals surface area (Å²) in [6, 6.07) is 0. The standard InChI is InChI=1S/C18H33N3O2.HI/c1-4-14-5-7-15(8-6-14)13-20-18(19-2)21-11-9-16(10-12-21)17(22)23-3;/h14-16H,4-13H2,1-3H3,(H,19,20);1H. The molecule has 0 aromatic heterocycles. The van der Waals surface area contributed by atoms with E-state index in [2.05, 4.69) is 22.1 Å². The molecule has 0 aromatic rings. The molecule has 1 saturated heterocycles. The second-order valence-electron chi connectivity index (χ2n) is 7.01. The van der Waals surface area contributed by atoms with E-state index in [4.69, 9.17) is 4.74 Å². The van der Waals surface area contributed by atoms with Gasteiger partial charge in [-0.05, 0) is 37.5 Å². The summed E-state index contributed by atoms with van der Waals surface area (Å²) >= 11 is 0. The smallest absolute Gasteiger partial charge is 0.308 e. The molecular weight excluding hydrogens is 417 g/mol. The number of hydrogen-bond acceptors (Lipinski definition) is 3. The molecule has 0 spiro atoms. The number of esters is 1. The van der Waals surface area contributed by atoms with Crippen LogP contribution in [0.2, 0.25) is 0 Å². The first kappa shape index (κ1) is 21.5. The van der Waals surface area contributed by atoms with E-state index in [0.29, 0.717) is 0 Å². The number of aliphatic imine (C=N–C) groups is 1. The lowest BCUT2D eigenvalue weighted by molar-refractivity contribution is -0.146. The Bertz CT molecular complexity index is 401. The number of nitrogens with one attached hydrogen (secondary N) is 1. The van der Waals surface area contributed by atoms with E-state index in [1.165, 1.54) is 39.2 Å². The average Bonchev–Trinajstić information content (AvgIpc) is 2.62. The number of halogens is 1. The predicted octanol–water partition coefficient (Wildman–Crippen LogP) is 3.28. The molecule has 24 heavy (non-hydrogen) atoms. The van der Waals surface area contributed by atoms with Crippen LogP contribution in [0.15, 0.2) is 4.99 Å². The number of methoxy groups -OCH3 is 1. The van der Waals surface area contributed by atoms with E-state index in [0.717, 1.165) is 50.3 Å². The maximum atomic E-state index is 11.6. The molecular formula is C18H34IN3O2. The monoisotopic (exact) mass is 451 g/mol. The quantitative estimate of drug-likeness (QED) is 0.309. The summed E-state index contributed by atoms with van der Waals surface area (Å²) in [4.78, 5) is 18.3. The lowest BCUT2D eigenvalue weighted by atomic mass is 9.81. The van der Waals surface area contributed by atoms with Crippen LogP contribution >= 0.6 is 24.0 Å². The zero-order chi connectivity index (χ0) is 16.7. The molecule has 6 heteroatoms. The second kappa shape index (κ2) is 11.2. The minimum atomic E-state index is -0.0692. The fourth-order valence-electron chi connectivity index (χ4n) is 3.91. The van der Waals surface area contributed by atoms with Crippen molar-refractivity contribution in [2.24, 2.45) is 22.7 Å². The molecule has 0 aromatic carbocycles. The van der Waals surface area contributed by atoms with Crippen molar-refractivity contribution < 1.29 is 9.53 Å². The van der Waals surface area contributed by atoms with E-state index in [9.17, 15) is 4.79 Å². The molecule has 0 radical (unpaired) electrons. The van der Waals surface area contributed by atoms with Crippen LogP contribution < -0.4 is 5.32 Å². The largest absolute Gasteiger partial charge is 0.469 e. The molecule has 2 aliphatic rings. The zero-order valence-corrected chi connectivity index (χ0v) is 17.8. The van der Waals surface area contributed by atoms with Gasteiger partial charge in [0.25, 0.3) is 0 Å². The number of hydrogen-bond donors (Lipinski definition) is 1. The predicted molar refractivity (Wildman–Crippen MR) is 109 cm³/mol. The van der Waals surface area contributed by atoms with Gasteiger partial charge in [0.2, 0.25) is 0 Å². The molecule has 2 fully saturated rings. The number of nitrogens with zero attached hydrogens (tertiary/aromatic N) is 2. The summed E-state index contributed by atoms with van der Waals surface area (Å²) in [5, 5.41) is 3.56. The van der Waals surface area contributed by atoms with Crippen molar-refractivity contribution in [3.8, 4) is 0 Å². The van der Waals surface area contributed by atoms with Crippen molar-refractivity contribution in [1.82, 2.24) is 10.2 Å². The van der Waals surface area contributed by atoms with Crippen LogP contribution in [0.3, 0.4) is 0 Å². The second-order valence-corrected chi connectivity index (χ2v) is 7.01. The topological polar surface area (TPSA) is 53.9 Å². The summed E-state index contributed by atoms with van der Waals surface area (Å²) in [5.74, 6) is 2.70. The highest BCUT2D eigenvalue weighted by Crippen LogP contribution is 2.30. The van der Waals surface area contributed by atoms with Crippen LogP contribution in [0.4, 0.5) is 0 Å². The first-order valence-electron chi connectivity index (χ1n) is 9.21. The SMILES string of the molecule is CCC1CCC(CNC(=NC)N2CCC(C(=O)OC)CC2)CC1.I. The van der Waals surface area contributed by atoms with Crippen molar-refractivity contribution >= 4 is 35.9 Å². The molecule has 0 unspecified atom stereocenters. The van der Waals surface area contributed by atoms with Crippen LogP contribution in [0.1, 0.15) is 51.9 Å². The van der Waals surface area contributed by atoms with Crippen LogP contribution in [-0.2, 0) is 9.53 Å². The number of guanidine groups is 1. The van der Waals surface area contributed by atoms with Crippen molar-refractivity contribution in [3.05, 3.63) is 0 Å². The summed E-state index contributed by atoms with van der Waals surface area (Å²) < 4.78 is 4.85. The molecule has 5 nitrogen and oxygen atoms in total. The number of carbonyl (C=O) groups excluding carboxylic acids is 1. The third-order valence-corrected chi connectivity index (χ3v) is 5.63. The Morgan fingerprint density at radius 3 is 2.21 bits per heavy atom. The Morgan fingerprint density at radius 1 is 1.12 bits per heavy atom. The number of carbonyl (C=O) groups is 1. The Labute approximate surface area is 164 Å². The third kappa shape index (κ3) is 6.08. The van der Waals surface area contributed by atoms with E-state index in [-0.39, 0.29) is 35.9 Å². The fourth-order valence-corrected chi connectivity index (χ4v) is 3.91. The number of rotatable bonds is 4. The molecule has 1 aliphatic carbocycles. The Kier molecular flexibility index (Phi) is 10.0. The minimum absolute atomic E-state index is 0. The van der Waals surface area contributed by atoms with Gasteiger partial charge in [0, 0.05) is 26.7 Å². The van der Waals surface area contributed by atoms with Crippen LogP contribution in [-0.4, -0.2) is 50.6 Å². The third-order valence-electron chi connectivity index (χ3n) is 5.63. The maximum Gasteiger partial charge on any atom is 0.308 e. The van der Waals surface area contributed by atoms with Gasteiger partial charge in [-0.1, -0.05) is 26.2 Å². The van der Waals surface area contributed by atoms with Gasteiger partial charge in [0.1, 0.15) is 0 Å². The van der Waals surface area contributed by atoms with Gasteiger partial charge < -0.3 is 15.0 Å². The summed E-state index contributed by atoms with van der Waals surface area (Å²) in [7, 11) is 3.32. The van der Waals surface area contributed by atoms with Gasteiger partial charge >= 0.3 is 5.97 Å². The van der Waals surface area contributed by atoms with Crippen LogP contribution in [0.5, 0.6) is 0 Å². The molecule has 0 amide bonds. The van der Waals surface area contributed by atoms with Crippen LogP contribution in [0.25, 0.3) is 0 Å². The normalized spacial score (nSPS) is 25.8. The van der Waals surface area contributed by atoms with Gasteiger partial charge in [-0.3, -0.25) is 9.79 Å². The highest BCUT2D eigenvalue weighted by atomic mass is 127. The van der Waals surface area contributed by atoms with Crippen molar-refractivity contribution in [1.29, 1.82) is 0 Å². The van der Waals surface area contributed by atoms with Crippen molar-refractivity contribution in [2.75, 3.05) is 33.8 Å². The Morgan fingerprint density at radius 2 is 1.71 bits per heavy atom. The number of likely N-dealkylation sites (tertiary alicyclic amines) is 1. The fraction of sp³-hybridized carbons (Fsp3) is 0.889. The highest BCUT2D eigenvalue weighted by molar-refractivity contribution is 14.0. The summed E-state index contributed by atoms with van der Waals surface area (Å²) in [6.07, 6.45) is 8.48.